The van der Waals surface area contributed by atoms with Crippen molar-refractivity contribution in [2.75, 3.05) is 5.32 Å². The van der Waals surface area contributed by atoms with Crippen LogP contribution in [0, 0.1) is 12.7 Å². The van der Waals surface area contributed by atoms with Crippen molar-refractivity contribution in [2.45, 2.75) is 6.92 Å². The van der Waals surface area contributed by atoms with Gasteiger partial charge in [0.15, 0.2) is 0 Å². The summed E-state index contributed by atoms with van der Waals surface area (Å²) in [5.74, 6) is -1.92. The van der Waals surface area contributed by atoms with Gasteiger partial charge in [-0.1, -0.05) is 42.0 Å². The fourth-order valence-corrected chi connectivity index (χ4v) is 3.47. The number of hydrogen-bond donors (Lipinski definition) is 2. The number of anilines is 1. The quantitative estimate of drug-likeness (QED) is 0.596. The van der Waals surface area contributed by atoms with Gasteiger partial charge < -0.3 is 10.4 Å². The Kier molecular flexibility index (Phi) is 5.47. The molecule has 0 bridgehead atoms. The molecule has 0 aliphatic heterocycles. The van der Waals surface area contributed by atoms with Crippen molar-refractivity contribution in [1.29, 1.82) is 0 Å². The highest BCUT2D eigenvalue weighted by atomic mass is 32.1. The van der Waals surface area contributed by atoms with Crippen molar-refractivity contribution in [3.05, 3.63) is 82.5 Å². The Bertz CT molecular complexity index is 1000. The van der Waals surface area contributed by atoms with E-state index in [1.807, 2.05) is 31.2 Å². The van der Waals surface area contributed by atoms with Crippen LogP contribution < -0.4 is 5.32 Å². The minimum Gasteiger partial charge on any atom is -0.478 e. The van der Waals surface area contributed by atoms with E-state index in [0.29, 0.717) is 11.1 Å². The second kappa shape index (κ2) is 7.97. The average Bonchev–Trinajstić information content (AvgIpc) is 3.05. The summed E-state index contributed by atoms with van der Waals surface area (Å²) in [6.07, 6.45) is 2.81. The molecule has 1 aromatic heterocycles. The van der Waals surface area contributed by atoms with Gasteiger partial charge in [-0.2, -0.15) is 0 Å². The molecule has 27 heavy (non-hydrogen) atoms. The summed E-state index contributed by atoms with van der Waals surface area (Å²) in [4.78, 5) is 23.9. The lowest BCUT2D eigenvalue weighted by molar-refractivity contribution is -0.111. The number of carboxylic acids is 1. The molecule has 0 saturated carbocycles. The Morgan fingerprint density at radius 1 is 1.07 bits per heavy atom. The maximum Gasteiger partial charge on any atom is 0.339 e. The molecule has 0 spiro atoms. The largest absolute Gasteiger partial charge is 0.478 e. The second-order valence-electron chi connectivity index (χ2n) is 5.90. The highest BCUT2D eigenvalue weighted by Crippen LogP contribution is 2.35. The molecule has 0 saturated heterocycles. The zero-order valence-corrected chi connectivity index (χ0v) is 15.2. The number of nitrogens with one attached hydrogen (secondary N) is 1. The van der Waals surface area contributed by atoms with Crippen molar-refractivity contribution in [1.82, 2.24) is 0 Å². The van der Waals surface area contributed by atoms with Crippen LogP contribution in [0.5, 0.6) is 0 Å². The van der Waals surface area contributed by atoms with Gasteiger partial charge >= 0.3 is 5.97 Å². The van der Waals surface area contributed by atoms with Crippen LogP contribution in [0.3, 0.4) is 0 Å². The molecular weight excluding hydrogens is 365 g/mol. The molecule has 0 fully saturated rings. The highest BCUT2D eigenvalue weighted by Gasteiger charge is 2.20. The lowest BCUT2D eigenvalue weighted by Crippen LogP contribution is -2.10. The van der Waals surface area contributed by atoms with Gasteiger partial charge in [-0.25, -0.2) is 9.18 Å². The summed E-state index contributed by atoms with van der Waals surface area (Å²) < 4.78 is 12.9. The zero-order valence-electron chi connectivity index (χ0n) is 14.4. The molecule has 0 aliphatic carbocycles. The number of aromatic carboxylic acids is 1. The molecule has 2 aromatic carbocycles. The molecule has 1 amide bonds. The number of amides is 1. The Hall–Kier alpha value is -3.25. The number of carbonyl (C=O) groups is 2. The molecule has 0 aliphatic rings. The molecule has 4 nitrogen and oxygen atoms in total. The third kappa shape index (κ3) is 4.48. The third-order valence-corrected chi connectivity index (χ3v) is 4.80. The number of rotatable bonds is 5. The van der Waals surface area contributed by atoms with Crippen LogP contribution in [0.15, 0.2) is 60.0 Å². The van der Waals surface area contributed by atoms with Gasteiger partial charge in [0, 0.05) is 17.0 Å². The number of aryl methyl sites for hydroxylation is 1. The smallest absolute Gasteiger partial charge is 0.339 e. The van der Waals surface area contributed by atoms with Crippen LogP contribution in [-0.4, -0.2) is 17.0 Å². The lowest BCUT2D eigenvalue weighted by Gasteiger charge is -2.05. The fourth-order valence-electron chi connectivity index (χ4n) is 2.51. The normalized spacial score (nSPS) is 10.9. The van der Waals surface area contributed by atoms with E-state index in [1.165, 1.54) is 24.3 Å². The molecule has 0 unspecified atom stereocenters. The summed E-state index contributed by atoms with van der Waals surface area (Å²) in [7, 11) is 0. The predicted octanol–water partition coefficient (Wildman–Crippen LogP) is 5.21. The van der Waals surface area contributed by atoms with Crippen molar-refractivity contribution in [2.24, 2.45) is 0 Å². The number of hydrogen-bond acceptors (Lipinski definition) is 3. The van der Waals surface area contributed by atoms with Crippen molar-refractivity contribution < 1.29 is 19.1 Å². The van der Waals surface area contributed by atoms with E-state index in [2.05, 4.69) is 5.32 Å². The lowest BCUT2D eigenvalue weighted by atomic mass is 10.0. The highest BCUT2D eigenvalue weighted by molar-refractivity contribution is 7.15. The maximum atomic E-state index is 12.9. The number of thiophene rings is 1. The van der Waals surface area contributed by atoms with Crippen LogP contribution in [0.1, 0.15) is 21.5 Å². The molecule has 1 heterocycles. The van der Waals surface area contributed by atoms with E-state index in [0.717, 1.165) is 22.5 Å². The standard InChI is InChI=1S/C21H16FNO3S/c1-13-2-7-15(8-3-13)17-12-27-20(19(17)21(25)26)23-18(24)11-6-14-4-9-16(22)10-5-14/h2-12H,1H3,(H,23,24)(H,25,26)/b11-6+. The maximum absolute atomic E-state index is 12.9. The summed E-state index contributed by atoms with van der Waals surface area (Å²) in [5.41, 5.74) is 3.14. The molecule has 0 radical (unpaired) electrons. The van der Waals surface area contributed by atoms with E-state index in [1.54, 1.807) is 17.5 Å². The van der Waals surface area contributed by atoms with Gasteiger partial charge in [0.25, 0.3) is 0 Å². The van der Waals surface area contributed by atoms with Gasteiger partial charge in [-0.05, 0) is 36.3 Å². The van der Waals surface area contributed by atoms with E-state index in [9.17, 15) is 19.1 Å². The van der Waals surface area contributed by atoms with E-state index >= 15 is 0 Å². The number of carbonyl (C=O) groups excluding carboxylic acids is 1. The molecule has 6 heteroatoms. The second-order valence-corrected chi connectivity index (χ2v) is 6.78. The summed E-state index contributed by atoms with van der Waals surface area (Å²) >= 11 is 1.16. The summed E-state index contributed by atoms with van der Waals surface area (Å²) in [5, 5.41) is 14.2. The van der Waals surface area contributed by atoms with Gasteiger partial charge in [-0.15, -0.1) is 11.3 Å². The molecule has 2 N–H and O–H groups in total. The van der Waals surface area contributed by atoms with Gasteiger partial charge in [0.05, 0.1) is 0 Å². The number of carboxylic acid groups (broad SMARTS) is 1. The van der Waals surface area contributed by atoms with Crippen molar-refractivity contribution in [3.8, 4) is 11.1 Å². The van der Waals surface area contributed by atoms with Crippen molar-refractivity contribution in [3.63, 3.8) is 0 Å². The molecule has 136 valence electrons. The van der Waals surface area contributed by atoms with E-state index in [4.69, 9.17) is 0 Å². The zero-order chi connectivity index (χ0) is 19.4. The summed E-state index contributed by atoms with van der Waals surface area (Å²) in [6, 6.07) is 13.2. The third-order valence-electron chi connectivity index (χ3n) is 3.90. The average molecular weight is 381 g/mol. The minimum absolute atomic E-state index is 0.0624. The Morgan fingerprint density at radius 2 is 1.74 bits per heavy atom. The first kappa shape index (κ1) is 18.5. The fraction of sp³-hybridized carbons (Fsp3) is 0.0476. The molecule has 0 atom stereocenters. The van der Waals surface area contributed by atoms with E-state index in [-0.39, 0.29) is 16.4 Å². The Labute approximate surface area is 159 Å². The van der Waals surface area contributed by atoms with Crippen LogP contribution >= 0.6 is 11.3 Å². The molecular formula is C21H16FNO3S. The Morgan fingerprint density at radius 3 is 2.37 bits per heavy atom. The van der Waals surface area contributed by atoms with Gasteiger partial charge in [0.2, 0.25) is 5.91 Å². The molecule has 3 aromatic rings. The van der Waals surface area contributed by atoms with Crippen LogP contribution in [0.2, 0.25) is 0 Å². The minimum atomic E-state index is -1.11. The van der Waals surface area contributed by atoms with Crippen LogP contribution in [0.4, 0.5) is 9.39 Å². The topological polar surface area (TPSA) is 66.4 Å². The van der Waals surface area contributed by atoms with Crippen LogP contribution in [0.25, 0.3) is 17.2 Å². The SMILES string of the molecule is Cc1ccc(-c2csc(NC(=O)/C=C/c3ccc(F)cc3)c2C(=O)O)cc1. The first-order chi connectivity index (χ1) is 12.9. The number of benzene rings is 2. The van der Waals surface area contributed by atoms with Gasteiger partial charge in [0.1, 0.15) is 16.4 Å². The van der Waals surface area contributed by atoms with Crippen molar-refractivity contribution >= 4 is 34.3 Å². The van der Waals surface area contributed by atoms with Crippen LogP contribution in [-0.2, 0) is 4.79 Å². The Balaban J connectivity index is 1.82. The van der Waals surface area contributed by atoms with E-state index < -0.39 is 11.9 Å². The monoisotopic (exact) mass is 381 g/mol. The first-order valence-electron chi connectivity index (χ1n) is 8.10. The number of halogens is 1. The predicted molar refractivity (Wildman–Crippen MR) is 106 cm³/mol. The molecule has 3 rings (SSSR count). The first-order valence-corrected chi connectivity index (χ1v) is 8.98. The summed E-state index contributed by atoms with van der Waals surface area (Å²) in [6.45, 7) is 1.95. The van der Waals surface area contributed by atoms with Gasteiger partial charge in [-0.3, -0.25) is 4.79 Å².